The average molecular weight is 199 g/mol. The monoisotopic (exact) mass is 199 g/mol. The maximum Gasteiger partial charge on any atom is 0.0922 e. The van der Waals surface area contributed by atoms with Gasteiger partial charge in [-0.05, 0) is 31.0 Å². The van der Waals surface area contributed by atoms with Gasteiger partial charge in [0.2, 0.25) is 0 Å². The maximum absolute atomic E-state index is 5.79. The minimum Gasteiger partial charge on any atom is -0.372 e. The van der Waals surface area contributed by atoms with E-state index in [9.17, 15) is 0 Å². The number of hydrogen-bond donors (Lipinski definition) is 0. The summed E-state index contributed by atoms with van der Waals surface area (Å²) in [6.07, 6.45) is 2.79. The normalized spacial score (nSPS) is 28.4. The summed E-state index contributed by atoms with van der Waals surface area (Å²) < 4.78 is 5.79. The summed E-state index contributed by atoms with van der Waals surface area (Å²) in [6.45, 7) is 1.96. The Hall–Kier alpha value is 0.01000. The van der Waals surface area contributed by atoms with Crippen molar-refractivity contribution in [3.8, 4) is 0 Å². The first-order valence-corrected chi connectivity index (χ1v) is 5.87. The van der Waals surface area contributed by atoms with Gasteiger partial charge in [0.15, 0.2) is 0 Å². The van der Waals surface area contributed by atoms with E-state index >= 15 is 0 Å². The Bertz CT molecular complexity index is 225. The van der Waals surface area contributed by atoms with Crippen molar-refractivity contribution in [1.29, 1.82) is 0 Å². The van der Waals surface area contributed by atoms with E-state index in [1.807, 2.05) is 11.8 Å². The Balaban J connectivity index is 2.06. The molecule has 0 bridgehead atoms. The first-order valence-electron chi connectivity index (χ1n) is 4.88. The lowest BCUT2D eigenvalue weighted by molar-refractivity contribution is 0.0510. The summed E-state index contributed by atoms with van der Waals surface area (Å²) in [5.41, 5.74) is 1.59. The van der Waals surface area contributed by atoms with Gasteiger partial charge in [-0.15, -0.1) is 11.8 Å². The van der Waals surface area contributed by atoms with Crippen LogP contribution in [0.5, 0.6) is 0 Å². The van der Waals surface area contributed by atoms with Gasteiger partial charge in [-0.1, -0.05) is 0 Å². The molecular weight excluding hydrogens is 182 g/mol. The second-order valence-electron chi connectivity index (χ2n) is 3.92. The number of hydrogen-bond acceptors (Lipinski definition) is 3. The molecule has 0 spiro atoms. The molecule has 0 aromatic heterocycles. The van der Waals surface area contributed by atoms with E-state index in [1.54, 1.807) is 10.5 Å². The van der Waals surface area contributed by atoms with Gasteiger partial charge in [0, 0.05) is 18.7 Å². The minimum absolute atomic E-state index is 0.383. The summed E-state index contributed by atoms with van der Waals surface area (Å²) in [4.78, 5) is 3.84. The van der Waals surface area contributed by atoms with E-state index < -0.39 is 0 Å². The maximum atomic E-state index is 5.79. The van der Waals surface area contributed by atoms with Crippen molar-refractivity contribution < 1.29 is 4.74 Å². The highest BCUT2D eigenvalue weighted by atomic mass is 32.2. The van der Waals surface area contributed by atoms with Gasteiger partial charge in [0.05, 0.1) is 12.7 Å². The Morgan fingerprint density at radius 1 is 1.46 bits per heavy atom. The SMILES string of the molecule is CN(C)CC1OCCC2=C1CCS2. The van der Waals surface area contributed by atoms with E-state index in [0.29, 0.717) is 6.10 Å². The van der Waals surface area contributed by atoms with Gasteiger partial charge < -0.3 is 9.64 Å². The van der Waals surface area contributed by atoms with Crippen LogP contribution in [0, 0.1) is 0 Å². The van der Waals surface area contributed by atoms with Crippen molar-refractivity contribution in [2.45, 2.75) is 18.9 Å². The number of nitrogens with zero attached hydrogens (tertiary/aromatic N) is 1. The topological polar surface area (TPSA) is 12.5 Å². The number of thioether (sulfide) groups is 1. The standard InChI is InChI=1S/C10H17NOS/c1-11(2)7-9-8-4-6-13-10(8)3-5-12-9/h9H,3-7H2,1-2H3. The first-order chi connectivity index (χ1) is 6.27. The molecule has 0 fully saturated rings. The minimum atomic E-state index is 0.383. The Labute approximate surface area is 84.3 Å². The zero-order valence-electron chi connectivity index (χ0n) is 8.38. The molecular formula is C10H17NOS. The molecule has 13 heavy (non-hydrogen) atoms. The van der Waals surface area contributed by atoms with Crippen molar-refractivity contribution in [2.24, 2.45) is 0 Å². The van der Waals surface area contributed by atoms with Gasteiger partial charge in [-0.3, -0.25) is 0 Å². The molecule has 0 aliphatic carbocycles. The van der Waals surface area contributed by atoms with E-state index in [2.05, 4.69) is 19.0 Å². The predicted molar refractivity (Wildman–Crippen MR) is 57.0 cm³/mol. The van der Waals surface area contributed by atoms with E-state index in [-0.39, 0.29) is 0 Å². The highest BCUT2D eigenvalue weighted by Gasteiger charge is 2.27. The van der Waals surface area contributed by atoms with Crippen LogP contribution in [0.2, 0.25) is 0 Å². The van der Waals surface area contributed by atoms with Crippen molar-refractivity contribution >= 4 is 11.8 Å². The molecule has 0 amide bonds. The van der Waals surface area contributed by atoms with E-state index in [0.717, 1.165) is 19.6 Å². The summed E-state index contributed by atoms with van der Waals surface area (Å²) >= 11 is 2.04. The van der Waals surface area contributed by atoms with Crippen LogP contribution in [0.15, 0.2) is 10.5 Å². The molecule has 1 unspecified atom stereocenters. The van der Waals surface area contributed by atoms with Crippen molar-refractivity contribution in [1.82, 2.24) is 4.90 Å². The largest absolute Gasteiger partial charge is 0.372 e. The molecule has 2 heterocycles. The number of likely N-dealkylation sites (N-methyl/N-ethyl adjacent to an activating group) is 1. The van der Waals surface area contributed by atoms with Gasteiger partial charge >= 0.3 is 0 Å². The lowest BCUT2D eigenvalue weighted by Gasteiger charge is -2.27. The fourth-order valence-corrected chi connectivity index (χ4v) is 3.19. The van der Waals surface area contributed by atoms with Crippen molar-refractivity contribution in [2.75, 3.05) is 33.0 Å². The molecule has 74 valence electrons. The molecule has 2 aliphatic heterocycles. The second kappa shape index (κ2) is 4.03. The smallest absolute Gasteiger partial charge is 0.0922 e. The quantitative estimate of drug-likeness (QED) is 0.672. The fourth-order valence-electron chi connectivity index (χ4n) is 1.98. The zero-order chi connectivity index (χ0) is 9.26. The van der Waals surface area contributed by atoms with Gasteiger partial charge in [-0.25, -0.2) is 0 Å². The van der Waals surface area contributed by atoms with Crippen LogP contribution in [0.1, 0.15) is 12.8 Å². The summed E-state index contributed by atoms with van der Waals surface area (Å²) in [7, 11) is 4.22. The van der Waals surface area contributed by atoms with Crippen LogP contribution in [0.3, 0.4) is 0 Å². The first kappa shape index (κ1) is 9.56. The summed E-state index contributed by atoms with van der Waals surface area (Å²) in [5, 5.41) is 0. The lowest BCUT2D eigenvalue weighted by Crippen LogP contribution is -2.32. The van der Waals surface area contributed by atoms with E-state index in [1.165, 1.54) is 12.2 Å². The van der Waals surface area contributed by atoms with E-state index in [4.69, 9.17) is 4.74 Å². The fraction of sp³-hybridized carbons (Fsp3) is 0.800. The highest BCUT2D eigenvalue weighted by Crippen LogP contribution is 2.39. The molecule has 0 aromatic rings. The van der Waals surface area contributed by atoms with Crippen LogP contribution in [0.25, 0.3) is 0 Å². The van der Waals surface area contributed by atoms with Gasteiger partial charge in [0.1, 0.15) is 0 Å². The molecule has 2 aliphatic rings. The van der Waals surface area contributed by atoms with Crippen LogP contribution >= 0.6 is 11.8 Å². The molecule has 3 heteroatoms. The molecule has 0 N–H and O–H groups in total. The Morgan fingerprint density at radius 3 is 3.08 bits per heavy atom. The average Bonchev–Trinajstić information content (AvgIpc) is 2.51. The van der Waals surface area contributed by atoms with Crippen LogP contribution in [-0.4, -0.2) is 44.0 Å². The van der Waals surface area contributed by atoms with Crippen LogP contribution in [0.4, 0.5) is 0 Å². The number of rotatable bonds is 2. The third kappa shape index (κ3) is 2.09. The summed E-state index contributed by atoms with van der Waals surface area (Å²) in [6, 6.07) is 0. The molecule has 0 saturated heterocycles. The van der Waals surface area contributed by atoms with Gasteiger partial charge in [-0.2, -0.15) is 0 Å². The Kier molecular flexibility index (Phi) is 2.96. The molecule has 2 rings (SSSR count). The van der Waals surface area contributed by atoms with Crippen molar-refractivity contribution in [3.63, 3.8) is 0 Å². The Morgan fingerprint density at radius 2 is 2.31 bits per heavy atom. The number of ether oxygens (including phenoxy) is 1. The molecule has 0 aromatic carbocycles. The lowest BCUT2D eigenvalue weighted by atomic mass is 10.0. The zero-order valence-corrected chi connectivity index (χ0v) is 9.19. The third-order valence-corrected chi connectivity index (χ3v) is 3.80. The van der Waals surface area contributed by atoms with Gasteiger partial charge in [0.25, 0.3) is 0 Å². The third-order valence-electron chi connectivity index (χ3n) is 2.57. The molecule has 2 nitrogen and oxygen atoms in total. The second-order valence-corrected chi connectivity index (χ2v) is 5.11. The molecule has 0 saturated carbocycles. The van der Waals surface area contributed by atoms with Crippen LogP contribution in [-0.2, 0) is 4.74 Å². The van der Waals surface area contributed by atoms with Crippen LogP contribution < -0.4 is 0 Å². The summed E-state index contributed by atoms with van der Waals surface area (Å²) in [5.74, 6) is 1.28. The van der Waals surface area contributed by atoms with Crippen molar-refractivity contribution in [3.05, 3.63) is 10.5 Å². The molecule has 1 atom stereocenters. The molecule has 0 radical (unpaired) electrons. The predicted octanol–water partition coefficient (Wildman–Crippen LogP) is 1.73. The highest BCUT2D eigenvalue weighted by molar-refractivity contribution is 8.03.